The van der Waals surface area contributed by atoms with Gasteiger partial charge in [-0.05, 0) is 72.6 Å². The van der Waals surface area contributed by atoms with E-state index < -0.39 is 10.0 Å². The standard InChI is InChI=1S/C26H33N3O4S/c1-18(2)20-4-7-22(8-5-20)27-25(30)17-29-24-10-9-23(16-21(24)6-11-26(29)31)34(32,33)28-14-12-19(3)13-15-28/h4-5,7-10,16,18-19H,6,11-15,17H2,1-3H3,(H,27,30). The van der Waals surface area contributed by atoms with Crippen molar-refractivity contribution < 1.29 is 18.0 Å². The predicted octanol–water partition coefficient (Wildman–Crippen LogP) is 4.15. The predicted molar refractivity (Wildman–Crippen MR) is 133 cm³/mol. The minimum absolute atomic E-state index is 0.117. The fourth-order valence-electron chi connectivity index (χ4n) is 4.54. The summed E-state index contributed by atoms with van der Waals surface area (Å²) in [6, 6.07) is 12.6. The monoisotopic (exact) mass is 483 g/mol. The number of nitrogens with one attached hydrogen (secondary N) is 1. The van der Waals surface area contributed by atoms with E-state index in [1.807, 2.05) is 24.3 Å². The van der Waals surface area contributed by atoms with Gasteiger partial charge in [0.05, 0.1) is 4.90 Å². The SMILES string of the molecule is CC1CCN(S(=O)(=O)c2ccc3c(c2)CCC(=O)N3CC(=O)Nc2ccc(C(C)C)cc2)CC1. The van der Waals surface area contributed by atoms with Crippen molar-refractivity contribution in [3.8, 4) is 0 Å². The number of rotatable bonds is 6. The molecular weight excluding hydrogens is 450 g/mol. The Bertz CT molecular complexity index is 1170. The van der Waals surface area contributed by atoms with Crippen LogP contribution in [0.15, 0.2) is 47.4 Å². The zero-order valence-electron chi connectivity index (χ0n) is 20.1. The zero-order valence-corrected chi connectivity index (χ0v) is 20.9. The minimum Gasteiger partial charge on any atom is -0.325 e. The van der Waals surface area contributed by atoms with Gasteiger partial charge in [-0.15, -0.1) is 0 Å². The summed E-state index contributed by atoms with van der Waals surface area (Å²) in [6.07, 6.45) is 2.43. The number of carbonyl (C=O) groups excluding carboxylic acids is 2. The average molecular weight is 484 g/mol. The van der Waals surface area contributed by atoms with Gasteiger partial charge in [0, 0.05) is 30.9 Å². The summed E-state index contributed by atoms with van der Waals surface area (Å²) in [5.41, 5.74) is 3.24. The largest absolute Gasteiger partial charge is 0.325 e. The molecule has 1 saturated heterocycles. The third-order valence-electron chi connectivity index (χ3n) is 6.79. The number of amides is 2. The molecule has 0 aromatic heterocycles. The van der Waals surface area contributed by atoms with E-state index in [1.165, 1.54) is 10.5 Å². The average Bonchev–Trinajstić information content (AvgIpc) is 2.81. The Morgan fingerprint density at radius 1 is 1.06 bits per heavy atom. The van der Waals surface area contributed by atoms with Crippen LogP contribution in [-0.2, 0) is 26.0 Å². The van der Waals surface area contributed by atoms with Gasteiger partial charge >= 0.3 is 0 Å². The molecule has 0 aliphatic carbocycles. The number of carbonyl (C=O) groups is 2. The number of aryl methyl sites for hydroxylation is 1. The Labute approximate surface area is 202 Å². The van der Waals surface area contributed by atoms with Gasteiger partial charge < -0.3 is 10.2 Å². The van der Waals surface area contributed by atoms with Crippen LogP contribution in [-0.4, -0.2) is 44.2 Å². The topological polar surface area (TPSA) is 86.8 Å². The van der Waals surface area contributed by atoms with Gasteiger partial charge in [-0.3, -0.25) is 9.59 Å². The maximum Gasteiger partial charge on any atom is 0.244 e. The smallest absolute Gasteiger partial charge is 0.244 e. The highest BCUT2D eigenvalue weighted by molar-refractivity contribution is 7.89. The number of benzene rings is 2. The second kappa shape index (κ2) is 9.88. The molecule has 4 rings (SSSR count). The van der Waals surface area contributed by atoms with Crippen molar-refractivity contribution in [1.82, 2.24) is 4.31 Å². The van der Waals surface area contributed by atoms with Gasteiger partial charge in [-0.1, -0.05) is 32.9 Å². The number of piperidine rings is 1. The quantitative estimate of drug-likeness (QED) is 0.669. The maximum atomic E-state index is 13.2. The summed E-state index contributed by atoms with van der Waals surface area (Å²) >= 11 is 0. The maximum absolute atomic E-state index is 13.2. The first-order valence-corrected chi connectivity index (χ1v) is 13.4. The third-order valence-corrected chi connectivity index (χ3v) is 8.69. The van der Waals surface area contributed by atoms with Crippen molar-refractivity contribution in [2.45, 2.75) is 57.3 Å². The summed E-state index contributed by atoms with van der Waals surface area (Å²) < 4.78 is 27.9. The van der Waals surface area contributed by atoms with Gasteiger partial charge in [-0.25, -0.2) is 8.42 Å². The Hall–Kier alpha value is -2.71. The lowest BCUT2D eigenvalue weighted by Crippen LogP contribution is -2.41. The molecule has 1 N–H and O–H groups in total. The molecule has 0 saturated carbocycles. The molecule has 1 fully saturated rings. The van der Waals surface area contributed by atoms with Gasteiger partial charge in [-0.2, -0.15) is 4.31 Å². The van der Waals surface area contributed by atoms with E-state index in [4.69, 9.17) is 0 Å². The second-order valence-electron chi connectivity index (χ2n) is 9.68. The van der Waals surface area contributed by atoms with E-state index in [0.29, 0.717) is 42.7 Å². The molecule has 2 aromatic carbocycles. The fourth-order valence-corrected chi connectivity index (χ4v) is 6.06. The van der Waals surface area contributed by atoms with Crippen LogP contribution in [0.2, 0.25) is 0 Å². The summed E-state index contributed by atoms with van der Waals surface area (Å²) in [5.74, 6) is 0.504. The molecule has 2 aliphatic rings. The lowest BCUT2D eigenvalue weighted by molar-refractivity contribution is -0.121. The molecular formula is C26H33N3O4S. The first-order chi connectivity index (χ1) is 16.1. The van der Waals surface area contributed by atoms with Crippen LogP contribution in [0.25, 0.3) is 0 Å². The van der Waals surface area contributed by atoms with Crippen LogP contribution in [0.4, 0.5) is 11.4 Å². The van der Waals surface area contributed by atoms with E-state index >= 15 is 0 Å². The summed E-state index contributed by atoms with van der Waals surface area (Å²) in [6.45, 7) is 7.31. The first-order valence-electron chi connectivity index (χ1n) is 12.0. The zero-order chi connectivity index (χ0) is 24.5. The number of hydrogen-bond acceptors (Lipinski definition) is 4. The van der Waals surface area contributed by atoms with Crippen LogP contribution in [0, 0.1) is 5.92 Å². The number of anilines is 2. The molecule has 2 amide bonds. The highest BCUT2D eigenvalue weighted by atomic mass is 32.2. The van der Waals surface area contributed by atoms with Crippen LogP contribution in [0.1, 0.15) is 57.1 Å². The lowest BCUT2D eigenvalue weighted by Gasteiger charge is -2.31. The van der Waals surface area contributed by atoms with Crippen molar-refractivity contribution in [3.63, 3.8) is 0 Å². The third kappa shape index (κ3) is 5.18. The molecule has 0 radical (unpaired) electrons. The molecule has 182 valence electrons. The Kier molecular flexibility index (Phi) is 7.09. The number of nitrogens with zero attached hydrogens (tertiary/aromatic N) is 2. The van der Waals surface area contributed by atoms with Crippen molar-refractivity contribution in [2.75, 3.05) is 29.9 Å². The molecule has 0 atom stereocenters. The van der Waals surface area contributed by atoms with E-state index in [1.54, 1.807) is 22.5 Å². The van der Waals surface area contributed by atoms with Crippen molar-refractivity contribution in [1.29, 1.82) is 0 Å². The van der Waals surface area contributed by atoms with Crippen molar-refractivity contribution >= 4 is 33.2 Å². The molecule has 8 heteroatoms. The Morgan fingerprint density at radius 3 is 2.38 bits per heavy atom. The molecule has 0 spiro atoms. The number of fused-ring (bicyclic) bond motifs is 1. The normalized spacial score (nSPS) is 17.6. The van der Waals surface area contributed by atoms with Gasteiger partial charge in [0.15, 0.2) is 0 Å². The van der Waals surface area contributed by atoms with Crippen molar-refractivity contribution in [3.05, 3.63) is 53.6 Å². The van der Waals surface area contributed by atoms with E-state index in [-0.39, 0.29) is 29.7 Å². The molecule has 2 heterocycles. The minimum atomic E-state index is -3.57. The van der Waals surface area contributed by atoms with E-state index in [9.17, 15) is 18.0 Å². The van der Waals surface area contributed by atoms with Gasteiger partial charge in [0.1, 0.15) is 6.54 Å². The second-order valence-corrected chi connectivity index (χ2v) is 11.6. The summed E-state index contributed by atoms with van der Waals surface area (Å²) in [4.78, 5) is 27.1. The molecule has 7 nitrogen and oxygen atoms in total. The van der Waals surface area contributed by atoms with Crippen LogP contribution < -0.4 is 10.2 Å². The Balaban J connectivity index is 1.49. The van der Waals surface area contributed by atoms with E-state index in [0.717, 1.165) is 18.4 Å². The van der Waals surface area contributed by atoms with Gasteiger partial charge in [0.2, 0.25) is 21.8 Å². The number of sulfonamides is 1. The summed E-state index contributed by atoms with van der Waals surface area (Å²) in [7, 11) is -3.57. The van der Waals surface area contributed by atoms with E-state index in [2.05, 4.69) is 26.1 Å². The highest BCUT2D eigenvalue weighted by Gasteiger charge is 2.31. The molecule has 2 aromatic rings. The van der Waals surface area contributed by atoms with Gasteiger partial charge in [0.25, 0.3) is 0 Å². The first kappa shape index (κ1) is 24.4. The molecule has 34 heavy (non-hydrogen) atoms. The summed E-state index contributed by atoms with van der Waals surface area (Å²) in [5, 5.41) is 2.85. The number of hydrogen-bond donors (Lipinski definition) is 1. The fraction of sp³-hybridized carbons (Fsp3) is 0.462. The molecule has 2 aliphatic heterocycles. The van der Waals surface area contributed by atoms with Crippen LogP contribution in [0.3, 0.4) is 0 Å². The molecule has 0 unspecified atom stereocenters. The van der Waals surface area contributed by atoms with Crippen LogP contribution >= 0.6 is 0 Å². The van der Waals surface area contributed by atoms with Crippen LogP contribution in [0.5, 0.6) is 0 Å². The molecule has 0 bridgehead atoms. The Morgan fingerprint density at radius 2 is 1.74 bits per heavy atom. The van der Waals surface area contributed by atoms with Crippen molar-refractivity contribution in [2.24, 2.45) is 5.92 Å². The highest BCUT2D eigenvalue weighted by Crippen LogP contribution is 2.32. The lowest BCUT2D eigenvalue weighted by atomic mass is 10.0.